The van der Waals surface area contributed by atoms with Crippen molar-refractivity contribution in [1.29, 1.82) is 0 Å². The van der Waals surface area contributed by atoms with Gasteiger partial charge in [-0.3, -0.25) is 4.98 Å². The van der Waals surface area contributed by atoms with Crippen LogP contribution in [-0.2, 0) is 0 Å². The number of nitrogens with zero attached hydrogens (tertiary/aromatic N) is 3. The number of thiocarbonyl (C=S) groups is 1. The van der Waals surface area contributed by atoms with E-state index in [1.54, 1.807) is 6.20 Å². The van der Waals surface area contributed by atoms with Crippen LogP contribution in [-0.4, -0.2) is 22.0 Å². The van der Waals surface area contributed by atoms with E-state index >= 15 is 0 Å². The van der Waals surface area contributed by atoms with E-state index in [0.29, 0.717) is 4.99 Å². The van der Waals surface area contributed by atoms with E-state index in [-0.39, 0.29) is 0 Å². The summed E-state index contributed by atoms with van der Waals surface area (Å²) < 4.78 is 0. The largest absolute Gasteiger partial charge is 0.389 e. The van der Waals surface area contributed by atoms with Crippen LogP contribution in [0.1, 0.15) is 17.0 Å². The molecule has 1 heterocycles. The van der Waals surface area contributed by atoms with Crippen molar-refractivity contribution in [1.82, 2.24) is 9.97 Å². The number of benzene rings is 1. The number of hydrogen-bond acceptors (Lipinski definition) is 4. The van der Waals surface area contributed by atoms with Crippen molar-refractivity contribution in [2.75, 3.05) is 11.9 Å². The molecule has 0 aliphatic carbocycles. The smallest absolute Gasteiger partial charge is 0.151 e. The molecule has 4 nitrogen and oxygen atoms in total. The molecule has 0 fully saturated rings. The summed E-state index contributed by atoms with van der Waals surface area (Å²) in [5, 5.41) is 0. The first-order valence-corrected chi connectivity index (χ1v) is 6.33. The Bertz CT molecular complexity index is 607. The molecule has 0 radical (unpaired) electrons. The number of aryl methyl sites for hydroxylation is 2. The van der Waals surface area contributed by atoms with Gasteiger partial charge in [0, 0.05) is 18.3 Å². The fraction of sp³-hybridized carbons (Fsp3) is 0.214. The molecule has 1 aromatic heterocycles. The molecule has 0 aliphatic heterocycles. The molecule has 0 aliphatic rings. The summed E-state index contributed by atoms with van der Waals surface area (Å²) in [7, 11) is 1.95. The Morgan fingerprint density at radius 2 is 1.79 bits per heavy atom. The topological polar surface area (TPSA) is 55.0 Å². The van der Waals surface area contributed by atoms with Crippen LogP contribution in [0.4, 0.5) is 11.5 Å². The van der Waals surface area contributed by atoms with Gasteiger partial charge in [-0.2, -0.15) is 0 Å². The Hall–Kier alpha value is -2.01. The quantitative estimate of drug-likeness (QED) is 0.870. The highest BCUT2D eigenvalue weighted by Crippen LogP contribution is 2.22. The van der Waals surface area contributed by atoms with Crippen molar-refractivity contribution in [2.24, 2.45) is 5.73 Å². The van der Waals surface area contributed by atoms with Crippen molar-refractivity contribution in [2.45, 2.75) is 13.8 Å². The van der Waals surface area contributed by atoms with Gasteiger partial charge < -0.3 is 10.6 Å². The predicted molar refractivity (Wildman–Crippen MR) is 81.9 cm³/mol. The van der Waals surface area contributed by atoms with Gasteiger partial charge in [-0.25, -0.2) is 4.98 Å². The molecule has 19 heavy (non-hydrogen) atoms. The van der Waals surface area contributed by atoms with Gasteiger partial charge in [-0.05, 0) is 38.1 Å². The molecule has 0 saturated heterocycles. The molecule has 0 bridgehead atoms. The lowest BCUT2D eigenvalue weighted by Gasteiger charge is -2.19. The number of nitrogens with two attached hydrogens (primary N) is 1. The van der Waals surface area contributed by atoms with Crippen LogP contribution in [0.3, 0.4) is 0 Å². The van der Waals surface area contributed by atoms with Gasteiger partial charge in [-0.1, -0.05) is 12.2 Å². The second-order valence-electron chi connectivity index (χ2n) is 4.37. The highest BCUT2D eigenvalue weighted by atomic mass is 32.1. The molecule has 5 heteroatoms. The van der Waals surface area contributed by atoms with Gasteiger partial charge in [0.05, 0.1) is 17.6 Å². The minimum absolute atomic E-state index is 0.403. The lowest BCUT2D eigenvalue weighted by Crippen LogP contribution is -2.14. The van der Waals surface area contributed by atoms with E-state index in [0.717, 1.165) is 28.5 Å². The Labute approximate surface area is 118 Å². The Balaban J connectivity index is 2.30. The summed E-state index contributed by atoms with van der Waals surface area (Å²) in [6.45, 7) is 3.90. The van der Waals surface area contributed by atoms with Gasteiger partial charge in [0.2, 0.25) is 0 Å². The fourth-order valence-corrected chi connectivity index (χ4v) is 1.81. The number of rotatable bonds is 3. The number of aromatic nitrogens is 2. The first-order chi connectivity index (χ1) is 8.99. The zero-order valence-corrected chi connectivity index (χ0v) is 12.0. The summed E-state index contributed by atoms with van der Waals surface area (Å²) in [6, 6.07) is 7.74. The van der Waals surface area contributed by atoms with Gasteiger partial charge in [-0.15, -0.1) is 0 Å². The van der Waals surface area contributed by atoms with Crippen LogP contribution in [0.15, 0.2) is 30.5 Å². The maximum Gasteiger partial charge on any atom is 0.151 e. The molecule has 0 spiro atoms. The van der Waals surface area contributed by atoms with Crippen molar-refractivity contribution in [3.63, 3.8) is 0 Å². The van der Waals surface area contributed by atoms with Gasteiger partial charge in [0.1, 0.15) is 4.99 Å². The Morgan fingerprint density at radius 3 is 2.32 bits per heavy atom. The first-order valence-electron chi connectivity index (χ1n) is 5.93. The second-order valence-corrected chi connectivity index (χ2v) is 4.81. The van der Waals surface area contributed by atoms with Crippen LogP contribution in [0.25, 0.3) is 0 Å². The molecular weight excluding hydrogens is 256 g/mol. The summed E-state index contributed by atoms with van der Waals surface area (Å²) in [5.74, 6) is 0.811. The van der Waals surface area contributed by atoms with E-state index in [2.05, 4.69) is 9.97 Å². The predicted octanol–water partition coefficient (Wildman–Crippen LogP) is 2.50. The van der Waals surface area contributed by atoms with E-state index < -0.39 is 0 Å². The van der Waals surface area contributed by atoms with Gasteiger partial charge in [0.25, 0.3) is 0 Å². The standard InChI is InChI=1S/C14H16N4S/c1-9-10(2)17-13(8-16-9)18(3)12-6-4-11(5-7-12)14(15)19/h4-8H,1-3H3,(H2,15,19). The molecule has 98 valence electrons. The number of hydrogen-bond donors (Lipinski definition) is 1. The van der Waals surface area contributed by atoms with E-state index in [1.807, 2.05) is 50.1 Å². The fourth-order valence-electron chi connectivity index (χ4n) is 1.67. The summed E-state index contributed by atoms with van der Waals surface area (Å²) in [6.07, 6.45) is 1.77. The SMILES string of the molecule is Cc1ncc(N(C)c2ccc(C(N)=S)cc2)nc1C. The van der Waals surface area contributed by atoms with E-state index in [1.165, 1.54) is 0 Å². The maximum absolute atomic E-state index is 5.58. The lowest BCUT2D eigenvalue weighted by molar-refractivity contribution is 1.01. The molecule has 2 aromatic rings. The van der Waals surface area contributed by atoms with Crippen LogP contribution in [0, 0.1) is 13.8 Å². The minimum Gasteiger partial charge on any atom is -0.389 e. The highest BCUT2D eigenvalue weighted by Gasteiger charge is 2.07. The Kier molecular flexibility index (Phi) is 3.76. The third kappa shape index (κ3) is 2.88. The van der Waals surface area contributed by atoms with Crippen molar-refractivity contribution in [3.05, 3.63) is 47.4 Å². The molecule has 0 saturated carbocycles. The minimum atomic E-state index is 0.403. The summed E-state index contributed by atoms with van der Waals surface area (Å²) in [5.41, 5.74) is 9.33. The second kappa shape index (κ2) is 5.32. The highest BCUT2D eigenvalue weighted by molar-refractivity contribution is 7.80. The summed E-state index contributed by atoms with van der Waals surface area (Å²) in [4.78, 5) is 11.2. The molecule has 0 atom stereocenters. The Morgan fingerprint density at radius 1 is 1.16 bits per heavy atom. The molecule has 2 rings (SSSR count). The molecule has 0 amide bonds. The maximum atomic E-state index is 5.58. The normalized spacial score (nSPS) is 10.3. The van der Waals surface area contributed by atoms with Crippen LogP contribution in [0.2, 0.25) is 0 Å². The van der Waals surface area contributed by atoms with Crippen molar-refractivity contribution < 1.29 is 0 Å². The lowest BCUT2D eigenvalue weighted by atomic mass is 10.2. The zero-order chi connectivity index (χ0) is 14.0. The first kappa shape index (κ1) is 13.4. The molecule has 0 unspecified atom stereocenters. The third-order valence-electron chi connectivity index (χ3n) is 3.06. The van der Waals surface area contributed by atoms with Crippen LogP contribution in [0.5, 0.6) is 0 Å². The molecule has 2 N–H and O–H groups in total. The monoisotopic (exact) mass is 272 g/mol. The van der Waals surface area contributed by atoms with Gasteiger partial charge in [0.15, 0.2) is 5.82 Å². The number of anilines is 2. The van der Waals surface area contributed by atoms with E-state index in [9.17, 15) is 0 Å². The van der Waals surface area contributed by atoms with Crippen LogP contribution < -0.4 is 10.6 Å². The average Bonchev–Trinajstić information content (AvgIpc) is 2.41. The van der Waals surface area contributed by atoms with E-state index in [4.69, 9.17) is 18.0 Å². The third-order valence-corrected chi connectivity index (χ3v) is 3.30. The average molecular weight is 272 g/mol. The van der Waals surface area contributed by atoms with Crippen molar-refractivity contribution in [3.8, 4) is 0 Å². The summed E-state index contributed by atoms with van der Waals surface area (Å²) >= 11 is 4.94. The van der Waals surface area contributed by atoms with Crippen LogP contribution >= 0.6 is 12.2 Å². The van der Waals surface area contributed by atoms with Gasteiger partial charge >= 0.3 is 0 Å². The molecule has 1 aromatic carbocycles. The zero-order valence-electron chi connectivity index (χ0n) is 11.2. The molecular formula is C14H16N4S. The van der Waals surface area contributed by atoms with Crippen molar-refractivity contribution >= 4 is 28.7 Å².